The third-order valence-electron chi connectivity index (χ3n) is 13.5. The van der Waals surface area contributed by atoms with Crippen LogP contribution in [0.15, 0.2) is 47.4 Å². The average Bonchev–Trinajstić information content (AvgIpc) is 3.84. The number of likely N-dealkylation sites (tertiary alicyclic amines) is 2. The van der Waals surface area contributed by atoms with Gasteiger partial charge < -0.3 is 19.9 Å². The Morgan fingerprint density at radius 1 is 0.926 bits per heavy atom. The number of carbonyl (C=O) groups is 2. The lowest BCUT2D eigenvalue weighted by molar-refractivity contribution is -0.142. The van der Waals surface area contributed by atoms with E-state index in [9.17, 15) is 26.8 Å². The van der Waals surface area contributed by atoms with Crippen LogP contribution in [0, 0.1) is 29.5 Å². The zero-order valence-corrected chi connectivity index (χ0v) is 32.8. The SMILES string of the molecule is COC(=O)C[C@H]1CCC[C@@H]1[C@](CNC(C)=O)(c1cccc(F)c1)C1CCN(CC2CN(c3ccc(S(=O)(=O)C4CCCC4)c(CN4CC(F)C4)c3)C2)CC1. The molecule has 3 atom stereocenters. The number of alkyl halides is 1. The summed E-state index contributed by atoms with van der Waals surface area (Å²) in [6.07, 6.45) is 7.42. The standard InChI is InChI=1S/C42H58F2N4O5S/c1-29(49)45-28-42(34-8-6-9-35(43)21-34,39-12-5-7-31(39)20-41(50)53-2)33-15-17-46(18-16-33)22-30-23-48(24-30)37-13-14-40(54(51,52)38-10-3-4-11-38)32(19-37)25-47-26-36(44)27-47/h6,8-9,13-14,19,21,30-31,33,36,38-39H,3-5,7,10-12,15-18,20,22-28H2,1-2H3,(H,45,49)/t31-,39+,42+/m1/s1. The molecule has 2 aliphatic carbocycles. The third-order valence-corrected chi connectivity index (χ3v) is 15.9. The molecule has 0 aromatic heterocycles. The van der Waals surface area contributed by atoms with Gasteiger partial charge in [0.1, 0.15) is 12.0 Å². The molecule has 0 spiro atoms. The van der Waals surface area contributed by atoms with Gasteiger partial charge in [-0.2, -0.15) is 0 Å². The highest BCUT2D eigenvalue weighted by molar-refractivity contribution is 7.92. The molecule has 3 aliphatic heterocycles. The molecule has 7 rings (SSSR count). The van der Waals surface area contributed by atoms with Crippen molar-refractivity contribution in [2.45, 2.75) is 99.4 Å². The van der Waals surface area contributed by atoms with Crippen molar-refractivity contribution in [3.63, 3.8) is 0 Å². The van der Waals surface area contributed by atoms with E-state index < -0.39 is 21.4 Å². The molecule has 1 amide bonds. The summed E-state index contributed by atoms with van der Waals surface area (Å²) < 4.78 is 61.1. The lowest BCUT2D eigenvalue weighted by atomic mass is 9.57. The van der Waals surface area contributed by atoms with Gasteiger partial charge in [0, 0.05) is 76.2 Å². The summed E-state index contributed by atoms with van der Waals surface area (Å²) in [5.74, 6) is 0.234. The van der Waals surface area contributed by atoms with Crippen LogP contribution in [0.5, 0.6) is 0 Å². The van der Waals surface area contributed by atoms with Crippen LogP contribution in [0.3, 0.4) is 0 Å². The molecule has 3 heterocycles. The largest absolute Gasteiger partial charge is 0.469 e. The van der Waals surface area contributed by atoms with Crippen LogP contribution in [-0.4, -0.2) is 101 Å². The number of nitrogens with zero attached hydrogens (tertiary/aromatic N) is 3. The number of sulfone groups is 1. The minimum Gasteiger partial charge on any atom is -0.469 e. The summed E-state index contributed by atoms with van der Waals surface area (Å²) in [6, 6.07) is 12.7. The van der Waals surface area contributed by atoms with Crippen molar-refractivity contribution in [2.24, 2.45) is 23.7 Å². The van der Waals surface area contributed by atoms with Gasteiger partial charge in [0.15, 0.2) is 9.84 Å². The number of rotatable bonds is 14. The number of esters is 1. The number of halogens is 2. The molecule has 3 saturated heterocycles. The minimum absolute atomic E-state index is 0.0948. The molecule has 2 aromatic rings. The number of methoxy groups -OCH3 is 1. The first kappa shape index (κ1) is 39.2. The van der Waals surface area contributed by atoms with Crippen molar-refractivity contribution in [1.29, 1.82) is 0 Å². The highest BCUT2D eigenvalue weighted by Gasteiger charge is 2.52. The van der Waals surface area contributed by atoms with Crippen LogP contribution < -0.4 is 10.2 Å². The highest BCUT2D eigenvalue weighted by atomic mass is 32.2. The number of anilines is 1. The van der Waals surface area contributed by atoms with E-state index >= 15 is 0 Å². The predicted octanol–water partition coefficient (Wildman–Crippen LogP) is 5.90. The lowest BCUT2D eigenvalue weighted by Gasteiger charge is -2.51. The van der Waals surface area contributed by atoms with Gasteiger partial charge >= 0.3 is 5.97 Å². The number of nitrogens with one attached hydrogen (secondary N) is 1. The van der Waals surface area contributed by atoms with Gasteiger partial charge in [0.25, 0.3) is 0 Å². The molecule has 296 valence electrons. The van der Waals surface area contributed by atoms with Crippen LogP contribution >= 0.6 is 0 Å². The van der Waals surface area contributed by atoms with E-state index in [-0.39, 0.29) is 40.7 Å². The van der Waals surface area contributed by atoms with Crippen LogP contribution in [0.2, 0.25) is 0 Å². The Hall–Kier alpha value is -3.09. The molecule has 5 fully saturated rings. The van der Waals surface area contributed by atoms with Gasteiger partial charge in [0.05, 0.1) is 17.3 Å². The first-order valence-electron chi connectivity index (χ1n) is 20.2. The normalized spacial score (nSPS) is 24.9. The Balaban J connectivity index is 1.03. The average molecular weight is 769 g/mol. The Bertz CT molecular complexity index is 1750. The summed E-state index contributed by atoms with van der Waals surface area (Å²) in [7, 11) is -2.01. The molecule has 1 N–H and O–H groups in total. The molecule has 12 heteroatoms. The summed E-state index contributed by atoms with van der Waals surface area (Å²) in [4.78, 5) is 32.3. The third kappa shape index (κ3) is 8.21. The zero-order chi connectivity index (χ0) is 38.0. The van der Waals surface area contributed by atoms with Crippen molar-refractivity contribution in [3.8, 4) is 0 Å². The molecule has 0 unspecified atom stereocenters. The first-order chi connectivity index (χ1) is 26.0. The maximum Gasteiger partial charge on any atom is 0.305 e. The zero-order valence-electron chi connectivity index (χ0n) is 32.0. The fourth-order valence-electron chi connectivity index (χ4n) is 10.7. The maximum absolute atomic E-state index is 14.9. The van der Waals surface area contributed by atoms with E-state index in [1.165, 1.54) is 20.1 Å². The van der Waals surface area contributed by atoms with Gasteiger partial charge in [-0.15, -0.1) is 0 Å². The van der Waals surface area contributed by atoms with E-state index in [0.29, 0.717) is 56.3 Å². The van der Waals surface area contributed by atoms with E-state index in [1.54, 1.807) is 18.2 Å². The Morgan fingerprint density at radius 2 is 1.67 bits per heavy atom. The molecule has 0 radical (unpaired) electrons. The van der Waals surface area contributed by atoms with Crippen molar-refractivity contribution in [2.75, 3.05) is 64.4 Å². The number of amides is 1. The lowest BCUT2D eigenvalue weighted by Crippen LogP contribution is -2.56. The molecule has 54 heavy (non-hydrogen) atoms. The predicted molar refractivity (Wildman–Crippen MR) is 205 cm³/mol. The van der Waals surface area contributed by atoms with E-state index in [0.717, 1.165) is 94.5 Å². The fraction of sp³-hybridized carbons (Fsp3) is 0.667. The second kappa shape index (κ2) is 16.6. The summed E-state index contributed by atoms with van der Waals surface area (Å²) in [5, 5.41) is 2.82. The Kier molecular flexibility index (Phi) is 12.0. The van der Waals surface area contributed by atoms with Crippen molar-refractivity contribution in [1.82, 2.24) is 15.1 Å². The number of carbonyl (C=O) groups excluding carboxylic acids is 2. The maximum atomic E-state index is 14.9. The van der Waals surface area contributed by atoms with Gasteiger partial charge in [-0.1, -0.05) is 31.4 Å². The smallest absolute Gasteiger partial charge is 0.305 e. The molecule has 5 aliphatic rings. The summed E-state index contributed by atoms with van der Waals surface area (Å²) in [5.41, 5.74) is 2.21. The van der Waals surface area contributed by atoms with Crippen molar-refractivity contribution < 1.29 is 31.5 Å². The number of hydrogen-bond donors (Lipinski definition) is 1. The molecular formula is C42H58F2N4O5S. The molecule has 2 aromatic carbocycles. The Morgan fingerprint density at radius 3 is 2.33 bits per heavy atom. The molecule has 9 nitrogen and oxygen atoms in total. The van der Waals surface area contributed by atoms with Crippen molar-refractivity contribution in [3.05, 3.63) is 59.4 Å². The van der Waals surface area contributed by atoms with Gasteiger partial charge in [-0.05, 0) is 111 Å². The van der Waals surface area contributed by atoms with Gasteiger partial charge in [0.2, 0.25) is 5.91 Å². The first-order valence-corrected chi connectivity index (χ1v) is 21.8. The Labute approximate surface area is 320 Å². The second-order valence-corrected chi connectivity index (χ2v) is 19.1. The fourth-order valence-corrected chi connectivity index (χ4v) is 12.8. The second-order valence-electron chi connectivity index (χ2n) is 16.9. The van der Waals surface area contributed by atoms with Gasteiger partial charge in [-0.25, -0.2) is 17.2 Å². The van der Waals surface area contributed by atoms with Crippen molar-refractivity contribution >= 4 is 27.4 Å². The quantitative estimate of drug-likeness (QED) is 0.238. The van der Waals surface area contributed by atoms with Crippen LogP contribution in [0.25, 0.3) is 0 Å². The topological polar surface area (TPSA) is 99.3 Å². The number of piperidine rings is 1. The molecular weight excluding hydrogens is 711 g/mol. The molecule has 0 bridgehead atoms. The summed E-state index contributed by atoms with van der Waals surface area (Å²) >= 11 is 0. The van der Waals surface area contributed by atoms with E-state index in [2.05, 4.69) is 15.1 Å². The number of hydrogen-bond acceptors (Lipinski definition) is 8. The number of ether oxygens (including phenoxy) is 1. The minimum atomic E-state index is -3.44. The monoisotopic (exact) mass is 768 g/mol. The summed E-state index contributed by atoms with van der Waals surface area (Å²) in [6.45, 7) is 7.61. The highest BCUT2D eigenvalue weighted by Crippen LogP contribution is 2.53. The van der Waals surface area contributed by atoms with Crippen LogP contribution in [0.1, 0.15) is 82.3 Å². The van der Waals surface area contributed by atoms with Crippen LogP contribution in [-0.2, 0) is 36.1 Å². The van der Waals surface area contributed by atoms with Gasteiger partial charge in [-0.3, -0.25) is 14.5 Å². The van der Waals surface area contributed by atoms with E-state index in [1.807, 2.05) is 23.1 Å². The molecule has 2 saturated carbocycles. The van der Waals surface area contributed by atoms with E-state index in [4.69, 9.17) is 4.74 Å². The van der Waals surface area contributed by atoms with Crippen LogP contribution in [0.4, 0.5) is 14.5 Å². The number of benzene rings is 2.